The number of hydrogen-bond acceptors (Lipinski definition) is 3. The molecule has 0 bridgehead atoms. The van der Waals surface area contributed by atoms with Crippen molar-refractivity contribution in [1.29, 1.82) is 0 Å². The zero-order valence-electron chi connectivity index (χ0n) is 9.37. The fourth-order valence-corrected chi connectivity index (χ4v) is 1.92. The first kappa shape index (κ1) is 13.2. The normalized spacial score (nSPS) is 12.2. The zero-order valence-corrected chi connectivity index (χ0v) is 11.0. The van der Waals surface area contributed by atoms with Crippen LogP contribution in [0.1, 0.15) is 12.0 Å². The Balaban J connectivity index is 2.81. The first-order valence-corrected chi connectivity index (χ1v) is 5.90. The maximum absolute atomic E-state index is 5.48. The van der Waals surface area contributed by atoms with E-state index in [-0.39, 0.29) is 6.04 Å². The van der Waals surface area contributed by atoms with Crippen molar-refractivity contribution in [2.45, 2.75) is 18.9 Å². The number of ether oxygens (including phenoxy) is 1. The highest BCUT2D eigenvalue weighted by atomic mass is 79.9. The number of benzene rings is 1. The maximum Gasteiger partial charge on any atom is 0.119 e. The Morgan fingerprint density at radius 1 is 1.62 bits per heavy atom. The molecule has 1 atom stereocenters. The second kappa shape index (κ2) is 6.68. The third-order valence-electron chi connectivity index (χ3n) is 2.41. The van der Waals surface area contributed by atoms with Gasteiger partial charge in [0.2, 0.25) is 0 Å². The van der Waals surface area contributed by atoms with Crippen LogP contribution in [-0.4, -0.2) is 13.2 Å². The molecule has 3 N–H and O–H groups in total. The number of hydrogen-bond donors (Lipinski definition) is 2. The Morgan fingerprint density at radius 3 is 2.94 bits per heavy atom. The Labute approximate surface area is 105 Å². The molecule has 0 aliphatic heterocycles. The van der Waals surface area contributed by atoms with Crippen LogP contribution in [-0.2, 0) is 6.42 Å². The number of methoxy groups -OCH3 is 1. The lowest BCUT2D eigenvalue weighted by atomic mass is 10.0. The standard InChI is InChI=1S/C12H17BrN2O/c1-3-4-10(15-14)7-9-8-11(16-2)5-6-12(9)13/h3,5-6,8,10,15H,1,4,7,14H2,2H3. The van der Waals surface area contributed by atoms with Crippen molar-refractivity contribution in [2.24, 2.45) is 5.84 Å². The third-order valence-corrected chi connectivity index (χ3v) is 3.18. The molecular weight excluding hydrogens is 268 g/mol. The van der Waals surface area contributed by atoms with Gasteiger partial charge in [-0.15, -0.1) is 6.58 Å². The van der Waals surface area contributed by atoms with E-state index in [9.17, 15) is 0 Å². The van der Waals surface area contributed by atoms with E-state index < -0.39 is 0 Å². The van der Waals surface area contributed by atoms with E-state index in [1.165, 1.54) is 5.56 Å². The van der Waals surface area contributed by atoms with Crippen molar-refractivity contribution in [2.75, 3.05) is 7.11 Å². The highest BCUT2D eigenvalue weighted by molar-refractivity contribution is 9.10. The van der Waals surface area contributed by atoms with E-state index >= 15 is 0 Å². The molecule has 0 aliphatic carbocycles. The Morgan fingerprint density at radius 2 is 2.38 bits per heavy atom. The van der Waals surface area contributed by atoms with E-state index in [1.54, 1.807) is 7.11 Å². The summed E-state index contributed by atoms with van der Waals surface area (Å²) in [4.78, 5) is 0. The quantitative estimate of drug-likeness (QED) is 0.479. The SMILES string of the molecule is C=CCC(Cc1cc(OC)ccc1Br)NN. The molecule has 0 fully saturated rings. The summed E-state index contributed by atoms with van der Waals surface area (Å²) in [7, 11) is 1.66. The van der Waals surface area contributed by atoms with Crippen LogP contribution in [0.15, 0.2) is 35.3 Å². The molecule has 0 heterocycles. The van der Waals surface area contributed by atoms with Crippen molar-refractivity contribution >= 4 is 15.9 Å². The minimum absolute atomic E-state index is 0.195. The van der Waals surface area contributed by atoms with Crippen LogP contribution in [0.5, 0.6) is 5.75 Å². The molecule has 0 saturated heterocycles. The maximum atomic E-state index is 5.48. The summed E-state index contributed by atoms with van der Waals surface area (Å²) in [6.07, 6.45) is 3.53. The lowest BCUT2D eigenvalue weighted by Gasteiger charge is -2.15. The number of nitrogens with two attached hydrogens (primary N) is 1. The van der Waals surface area contributed by atoms with Crippen LogP contribution in [0.3, 0.4) is 0 Å². The molecule has 3 nitrogen and oxygen atoms in total. The van der Waals surface area contributed by atoms with Gasteiger partial charge in [-0.25, -0.2) is 0 Å². The van der Waals surface area contributed by atoms with Gasteiger partial charge in [-0.3, -0.25) is 11.3 Å². The largest absolute Gasteiger partial charge is 0.497 e. The molecule has 0 radical (unpaired) electrons. The van der Waals surface area contributed by atoms with Crippen molar-refractivity contribution in [3.8, 4) is 5.75 Å². The monoisotopic (exact) mass is 284 g/mol. The average Bonchev–Trinajstić information content (AvgIpc) is 2.31. The van der Waals surface area contributed by atoms with Crippen molar-refractivity contribution in [3.05, 3.63) is 40.9 Å². The fraction of sp³-hybridized carbons (Fsp3) is 0.333. The molecule has 88 valence electrons. The second-order valence-corrected chi connectivity index (χ2v) is 4.40. The molecule has 0 amide bonds. The highest BCUT2D eigenvalue weighted by Gasteiger charge is 2.09. The summed E-state index contributed by atoms with van der Waals surface area (Å²) in [6, 6.07) is 6.11. The number of nitrogens with one attached hydrogen (secondary N) is 1. The zero-order chi connectivity index (χ0) is 12.0. The van der Waals surface area contributed by atoms with E-state index in [2.05, 4.69) is 27.9 Å². The van der Waals surface area contributed by atoms with Gasteiger partial charge in [-0.2, -0.15) is 0 Å². The fourth-order valence-electron chi connectivity index (χ4n) is 1.51. The third kappa shape index (κ3) is 3.63. The van der Waals surface area contributed by atoms with Gasteiger partial charge in [0.25, 0.3) is 0 Å². The topological polar surface area (TPSA) is 47.3 Å². The van der Waals surface area contributed by atoms with Crippen LogP contribution in [0.25, 0.3) is 0 Å². The van der Waals surface area contributed by atoms with Gasteiger partial charge in [-0.05, 0) is 36.6 Å². The summed E-state index contributed by atoms with van der Waals surface area (Å²) < 4.78 is 6.26. The predicted molar refractivity (Wildman–Crippen MR) is 70.3 cm³/mol. The van der Waals surface area contributed by atoms with Crippen molar-refractivity contribution < 1.29 is 4.74 Å². The highest BCUT2D eigenvalue weighted by Crippen LogP contribution is 2.24. The average molecular weight is 285 g/mol. The molecule has 1 rings (SSSR count). The van der Waals surface area contributed by atoms with Gasteiger partial charge in [0.05, 0.1) is 7.11 Å². The smallest absolute Gasteiger partial charge is 0.119 e. The van der Waals surface area contributed by atoms with Gasteiger partial charge in [0.1, 0.15) is 5.75 Å². The van der Waals surface area contributed by atoms with Gasteiger partial charge in [0.15, 0.2) is 0 Å². The lowest BCUT2D eigenvalue weighted by molar-refractivity contribution is 0.413. The summed E-state index contributed by atoms with van der Waals surface area (Å²) in [6.45, 7) is 3.71. The van der Waals surface area contributed by atoms with Crippen LogP contribution in [0, 0.1) is 0 Å². The molecule has 4 heteroatoms. The lowest BCUT2D eigenvalue weighted by Crippen LogP contribution is -2.36. The second-order valence-electron chi connectivity index (χ2n) is 3.55. The molecule has 1 unspecified atom stereocenters. The van der Waals surface area contributed by atoms with Crippen LogP contribution in [0.4, 0.5) is 0 Å². The Bertz CT molecular complexity index is 355. The molecule has 0 saturated carbocycles. The predicted octanol–water partition coefficient (Wildman–Crippen LogP) is 2.41. The minimum Gasteiger partial charge on any atom is -0.497 e. The van der Waals surface area contributed by atoms with E-state index in [4.69, 9.17) is 10.6 Å². The summed E-state index contributed by atoms with van der Waals surface area (Å²) in [5, 5.41) is 0. The molecule has 1 aromatic rings. The van der Waals surface area contributed by atoms with Crippen molar-refractivity contribution in [3.63, 3.8) is 0 Å². The summed E-state index contributed by atoms with van der Waals surface area (Å²) >= 11 is 3.52. The van der Waals surface area contributed by atoms with Gasteiger partial charge in [0, 0.05) is 10.5 Å². The number of rotatable bonds is 6. The van der Waals surface area contributed by atoms with Crippen LogP contribution < -0.4 is 16.0 Å². The van der Waals surface area contributed by atoms with Crippen molar-refractivity contribution in [1.82, 2.24) is 5.43 Å². The minimum atomic E-state index is 0.195. The molecule has 0 spiro atoms. The number of hydrazine groups is 1. The molecule has 0 aliphatic rings. The molecule has 16 heavy (non-hydrogen) atoms. The number of halogens is 1. The van der Waals surface area contributed by atoms with Gasteiger partial charge in [-0.1, -0.05) is 22.0 Å². The Hall–Kier alpha value is -0.840. The summed E-state index contributed by atoms with van der Waals surface area (Å²) in [5.41, 5.74) is 3.95. The molecule has 0 aromatic heterocycles. The summed E-state index contributed by atoms with van der Waals surface area (Å²) in [5.74, 6) is 6.34. The van der Waals surface area contributed by atoms with E-state index in [1.807, 2.05) is 24.3 Å². The molecule has 1 aromatic carbocycles. The van der Waals surface area contributed by atoms with Crippen LogP contribution in [0.2, 0.25) is 0 Å². The Kier molecular flexibility index (Phi) is 5.52. The van der Waals surface area contributed by atoms with Gasteiger partial charge >= 0.3 is 0 Å². The van der Waals surface area contributed by atoms with E-state index in [0.29, 0.717) is 0 Å². The van der Waals surface area contributed by atoms with Crippen LogP contribution >= 0.6 is 15.9 Å². The molecular formula is C12H17BrN2O. The van der Waals surface area contributed by atoms with Gasteiger partial charge < -0.3 is 4.74 Å². The van der Waals surface area contributed by atoms with E-state index in [0.717, 1.165) is 23.1 Å². The first-order valence-electron chi connectivity index (χ1n) is 5.10. The first-order chi connectivity index (χ1) is 7.71.